The van der Waals surface area contributed by atoms with Crippen LogP contribution >= 0.6 is 0 Å². The lowest BCUT2D eigenvalue weighted by atomic mass is 9.59. The molecule has 0 heterocycles. The molecule has 0 aromatic heterocycles. The van der Waals surface area contributed by atoms with Crippen LogP contribution in [0.5, 0.6) is 0 Å². The monoisotopic (exact) mass is 250 g/mol. The highest BCUT2D eigenvalue weighted by atomic mass is 14.4. The summed E-state index contributed by atoms with van der Waals surface area (Å²) in [5, 5.41) is 0. The number of allylic oxidation sites excluding steroid dienone is 2. The van der Waals surface area contributed by atoms with Gasteiger partial charge in [-0.15, -0.1) is 0 Å². The molecule has 0 bridgehead atoms. The lowest BCUT2D eigenvalue weighted by Crippen LogP contribution is -2.38. The first-order chi connectivity index (χ1) is 8.31. The summed E-state index contributed by atoms with van der Waals surface area (Å²) in [4.78, 5) is 0. The zero-order chi connectivity index (χ0) is 14.0. The third-order valence-corrected chi connectivity index (χ3v) is 5.70. The quantitative estimate of drug-likeness (QED) is 0.512. The highest BCUT2D eigenvalue weighted by Crippen LogP contribution is 2.48. The zero-order valence-electron chi connectivity index (χ0n) is 13.9. The van der Waals surface area contributed by atoms with Crippen molar-refractivity contribution in [1.82, 2.24) is 0 Å². The summed E-state index contributed by atoms with van der Waals surface area (Å²) in [6.45, 7) is 19.2. The van der Waals surface area contributed by atoms with Crippen LogP contribution in [0.3, 0.4) is 0 Å². The molecule has 0 aromatic carbocycles. The van der Waals surface area contributed by atoms with E-state index in [1.807, 2.05) is 0 Å². The minimum Gasteiger partial charge on any atom is -0.0735 e. The molecule has 0 heteroatoms. The molecular weight excluding hydrogens is 216 g/mol. The van der Waals surface area contributed by atoms with Gasteiger partial charge in [0.15, 0.2) is 0 Å². The van der Waals surface area contributed by atoms with Gasteiger partial charge in [0.05, 0.1) is 0 Å². The Balaban J connectivity index is 2.96. The van der Waals surface area contributed by atoms with E-state index in [1.54, 1.807) is 11.1 Å². The Labute approximate surface area is 115 Å². The molecule has 1 aliphatic rings. The second-order valence-corrected chi connectivity index (χ2v) is 7.27. The van der Waals surface area contributed by atoms with Crippen LogP contribution in [0, 0.1) is 35.5 Å². The van der Waals surface area contributed by atoms with Crippen LogP contribution in [0.1, 0.15) is 68.2 Å². The van der Waals surface area contributed by atoms with Gasteiger partial charge in [-0.05, 0) is 55.8 Å². The lowest BCUT2D eigenvalue weighted by molar-refractivity contribution is 0.0927. The molecule has 4 atom stereocenters. The van der Waals surface area contributed by atoms with Crippen molar-refractivity contribution in [2.24, 2.45) is 35.5 Å². The van der Waals surface area contributed by atoms with Gasteiger partial charge in [-0.3, -0.25) is 0 Å². The van der Waals surface area contributed by atoms with E-state index in [0.29, 0.717) is 0 Å². The third kappa shape index (κ3) is 3.00. The second-order valence-electron chi connectivity index (χ2n) is 7.27. The Morgan fingerprint density at radius 1 is 1.00 bits per heavy atom. The fraction of sp³-hybridized carbons (Fsp3) is 0.889. The Bertz CT molecular complexity index is 295. The molecule has 0 radical (unpaired) electrons. The van der Waals surface area contributed by atoms with E-state index in [0.717, 1.165) is 35.5 Å². The largest absolute Gasteiger partial charge is 0.0735 e. The molecule has 0 N–H and O–H groups in total. The van der Waals surface area contributed by atoms with Crippen molar-refractivity contribution >= 4 is 0 Å². The van der Waals surface area contributed by atoms with Crippen molar-refractivity contribution in [2.45, 2.75) is 68.2 Å². The minimum atomic E-state index is 0.802. The van der Waals surface area contributed by atoms with Crippen LogP contribution in [-0.2, 0) is 0 Å². The van der Waals surface area contributed by atoms with Gasteiger partial charge < -0.3 is 0 Å². The van der Waals surface area contributed by atoms with E-state index < -0.39 is 0 Å². The standard InChI is InChI=1S/C18H34/c1-9-16(12(4)5)18(14(7)11(2)3)17-10-13(6)15(17)8/h11-12,14,16-18H,9-10H2,1-8H3. The van der Waals surface area contributed by atoms with Crippen molar-refractivity contribution < 1.29 is 0 Å². The van der Waals surface area contributed by atoms with Crippen LogP contribution in [0.15, 0.2) is 11.1 Å². The minimum absolute atomic E-state index is 0.802. The molecule has 0 fully saturated rings. The van der Waals surface area contributed by atoms with Gasteiger partial charge in [0, 0.05) is 0 Å². The van der Waals surface area contributed by atoms with Gasteiger partial charge in [-0.2, -0.15) is 0 Å². The van der Waals surface area contributed by atoms with Crippen LogP contribution in [0.4, 0.5) is 0 Å². The average Bonchev–Trinajstić information content (AvgIpc) is 2.31. The highest BCUT2D eigenvalue weighted by Gasteiger charge is 2.39. The average molecular weight is 250 g/mol. The SMILES string of the molecule is CCC(C(C)C)C(C1CC(C)=C1C)C(C)C(C)C. The fourth-order valence-electron chi connectivity index (χ4n) is 3.94. The maximum Gasteiger partial charge on any atom is -0.0132 e. The molecule has 0 saturated carbocycles. The molecule has 0 aliphatic heterocycles. The van der Waals surface area contributed by atoms with Crippen LogP contribution in [0.25, 0.3) is 0 Å². The van der Waals surface area contributed by atoms with Gasteiger partial charge in [0.1, 0.15) is 0 Å². The van der Waals surface area contributed by atoms with Gasteiger partial charge >= 0.3 is 0 Å². The molecule has 0 aromatic rings. The Morgan fingerprint density at radius 2 is 1.56 bits per heavy atom. The first kappa shape index (κ1) is 15.8. The smallest absolute Gasteiger partial charge is 0.0132 e. The van der Waals surface area contributed by atoms with E-state index in [1.165, 1.54) is 12.8 Å². The topological polar surface area (TPSA) is 0 Å². The first-order valence-electron chi connectivity index (χ1n) is 7.97. The normalized spacial score (nSPS) is 25.3. The summed E-state index contributed by atoms with van der Waals surface area (Å²) in [5.41, 5.74) is 3.35. The van der Waals surface area contributed by atoms with E-state index in [9.17, 15) is 0 Å². The highest BCUT2D eigenvalue weighted by molar-refractivity contribution is 5.26. The molecule has 4 unspecified atom stereocenters. The zero-order valence-corrected chi connectivity index (χ0v) is 13.9. The number of hydrogen-bond acceptors (Lipinski definition) is 0. The maximum absolute atomic E-state index is 2.49. The summed E-state index contributed by atoms with van der Waals surface area (Å²) < 4.78 is 0. The predicted octanol–water partition coefficient (Wildman–Crippen LogP) is 5.93. The number of hydrogen-bond donors (Lipinski definition) is 0. The van der Waals surface area contributed by atoms with E-state index in [4.69, 9.17) is 0 Å². The summed E-state index contributed by atoms with van der Waals surface area (Å²) in [6.07, 6.45) is 2.69. The van der Waals surface area contributed by atoms with Crippen LogP contribution < -0.4 is 0 Å². The molecule has 1 rings (SSSR count). The first-order valence-corrected chi connectivity index (χ1v) is 7.97. The van der Waals surface area contributed by atoms with Gasteiger partial charge in [0.2, 0.25) is 0 Å². The lowest BCUT2D eigenvalue weighted by Gasteiger charge is -2.46. The van der Waals surface area contributed by atoms with Crippen LogP contribution in [-0.4, -0.2) is 0 Å². The predicted molar refractivity (Wildman–Crippen MR) is 82.6 cm³/mol. The molecule has 0 saturated heterocycles. The Kier molecular flexibility index (Phi) is 5.49. The van der Waals surface area contributed by atoms with Gasteiger partial charge in [-0.1, -0.05) is 59.1 Å². The summed E-state index contributed by atoms with van der Waals surface area (Å²) >= 11 is 0. The molecule has 0 spiro atoms. The maximum atomic E-state index is 2.49. The molecule has 0 amide bonds. The van der Waals surface area contributed by atoms with Gasteiger partial charge in [0.25, 0.3) is 0 Å². The van der Waals surface area contributed by atoms with Crippen molar-refractivity contribution in [2.75, 3.05) is 0 Å². The van der Waals surface area contributed by atoms with Crippen molar-refractivity contribution in [1.29, 1.82) is 0 Å². The third-order valence-electron chi connectivity index (χ3n) is 5.70. The van der Waals surface area contributed by atoms with E-state index in [-0.39, 0.29) is 0 Å². The second kappa shape index (κ2) is 6.26. The number of rotatable bonds is 6. The van der Waals surface area contributed by atoms with Crippen molar-refractivity contribution in [3.05, 3.63) is 11.1 Å². The Hall–Kier alpha value is -0.260. The molecule has 106 valence electrons. The van der Waals surface area contributed by atoms with Gasteiger partial charge in [-0.25, -0.2) is 0 Å². The Morgan fingerprint density at radius 3 is 1.83 bits per heavy atom. The van der Waals surface area contributed by atoms with Crippen LogP contribution in [0.2, 0.25) is 0 Å². The fourth-order valence-corrected chi connectivity index (χ4v) is 3.94. The molecule has 0 nitrogen and oxygen atoms in total. The summed E-state index contributed by atoms with van der Waals surface area (Å²) in [5.74, 6) is 5.10. The van der Waals surface area contributed by atoms with E-state index in [2.05, 4.69) is 55.4 Å². The summed E-state index contributed by atoms with van der Waals surface area (Å²) in [6, 6.07) is 0. The molecule has 1 aliphatic carbocycles. The van der Waals surface area contributed by atoms with E-state index >= 15 is 0 Å². The van der Waals surface area contributed by atoms with Crippen molar-refractivity contribution in [3.63, 3.8) is 0 Å². The molecule has 18 heavy (non-hydrogen) atoms. The summed E-state index contributed by atoms with van der Waals surface area (Å²) in [7, 11) is 0. The molecular formula is C18H34. The van der Waals surface area contributed by atoms with Crippen molar-refractivity contribution in [3.8, 4) is 0 Å².